The second-order valence-corrected chi connectivity index (χ2v) is 8.54. The number of hydrogen-bond donors (Lipinski definition) is 0. The minimum Gasteiger partial charge on any atom is -0.466 e. The van der Waals surface area contributed by atoms with Crippen molar-refractivity contribution in [3.8, 4) is 0 Å². The monoisotopic (exact) mass is 361 g/mol. The van der Waals surface area contributed by atoms with E-state index in [2.05, 4.69) is 47.0 Å². The molecule has 0 aromatic heterocycles. The highest BCUT2D eigenvalue weighted by atomic mass is 32.2. The maximum atomic E-state index is 12.7. The zero-order chi connectivity index (χ0) is 17.5. The van der Waals surface area contributed by atoms with Crippen molar-refractivity contribution in [2.45, 2.75) is 51.5 Å². The van der Waals surface area contributed by atoms with Crippen LogP contribution in [0.4, 0.5) is 0 Å². The molecule has 1 atom stereocenters. The molecule has 0 saturated carbocycles. The molecule has 0 spiro atoms. The lowest BCUT2D eigenvalue weighted by atomic mass is 9.74. The quantitative estimate of drug-likeness (QED) is 0.682. The van der Waals surface area contributed by atoms with E-state index in [4.69, 9.17) is 4.74 Å². The molecule has 3 nitrogen and oxygen atoms in total. The Labute approximate surface area is 156 Å². The summed E-state index contributed by atoms with van der Waals surface area (Å²) in [5.41, 5.74) is 1.11. The van der Waals surface area contributed by atoms with Crippen LogP contribution in [0.15, 0.2) is 30.3 Å². The molecule has 2 saturated heterocycles. The molecule has 2 aliphatic rings. The Bertz CT molecular complexity index is 534. The van der Waals surface area contributed by atoms with Crippen molar-refractivity contribution in [3.05, 3.63) is 35.9 Å². The van der Waals surface area contributed by atoms with E-state index in [1.54, 1.807) is 0 Å². The first-order valence-electron chi connectivity index (χ1n) is 9.76. The van der Waals surface area contributed by atoms with Gasteiger partial charge < -0.3 is 4.74 Å². The standard InChI is InChI=1S/C21H31NO2S/c1-2-24-20(23)21(11-6-9-18-7-4-3-5-8-18)12-14-22(15-13-21)19-10-16-25-17-19/h3-5,7-8,19H,2,6,9-17H2,1H3. The molecule has 0 N–H and O–H groups in total. The molecule has 1 aromatic carbocycles. The van der Waals surface area contributed by atoms with Crippen molar-refractivity contribution in [2.24, 2.45) is 5.41 Å². The van der Waals surface area contributed by atoms with E-state index in [0.717, 1.165) is 51.2 Å². The molecule has 25 heavy (non-hydrogen) atoms. The van der Waals surface area contributed by atoms with Gasteiger partial charge in [-0.2, -0.15) is 11.8 Å². The molecule has 0 radical (unpaired) electrons. The lowest BCUT2D eigenvalue weighted by Crippen LogP contribution is -2.48. The van der Waals surface area contributed by atoms with Crippen LogP contribution in [-0.2, 0) is 16.0 Å². The summed E-state index contributed by atoms with van der Waals surface area (Å²) in [6.07, 6.45) is 6.29. The number of rotatable bonds is 7. The Balaban J connectivity index is 1.58. The number of thioether (sulfide) groups is 1. The van der Waals surface area contributed by atoms with E-state index >= 15 is 0 Å². The van der Waals surface area contributed by atoms with Crippen molar-refractivity contribution in [2.75, 3.05) is 31.2 Å². The van der Waals surface area contributed by atoms with Crippen LogP contribution >= 0.6 is 11.8 Å². The summed E-state index contributed by atoms with van der Waals surface area (Å²) >= 11 is 2.07. The van der Waals surface area contributed by atoms with Gasteiger partial charge in [-0.05, 0) is 69.9 Å². The highest BCUT2D eigenvalue weighted by Gasteiger charge is 2.43. The maximum absolute atomic E-state index is 12.7. The van der Waals surface area contributed by atoms with Gasteiger partial charge in [-0.15, -0.1) is 0 Å². The Kier molecular flexibility index (Phi) is 6.83. The Morgan fingerprint density at radius 3 is 2.68 bits per heavy atom. The molecule has 1 unspecified atom stereocenters. The van der Waals surface area contributed by atoms with Crippen LogP contribution < -0.4 is 0 Å². The number of hydrogen-bond acceptors (Lipinski definition) is 4. The number of carbonyl (C=O) groups is 1. The van der Waals surface area contributed by atoms with Gasteiger partial charge in [0.1, 0.15) is 0 Å². The number of carbonyl (C=O) groups excluding carboxylic acids is 1. The predicted octanol–water partition coefficient (Wildman–Crippen LogP) is 4.16. The molecule has 2 heterocycles. The van der Waals surface area contributed by atoms with Crippen LogP contribution in [0.2, 0.25) is 0 Å². The van der Waals surface area contributed by atoms with E-state index in [9.17, 15) is 4.79 Å². The molecule has 138 valence electrons. The highest BCUT2D eigenvalue weighted by Crippen LogP contribution is 2.39. The second kappa shape index (κ2) is 9.09. The molecule has 0 bridgehead atoms. The van der Waals surface area contributed by atoms with Crippen LogP contribution in [0, 0.1) is 5.41 Å². The van der Waals surface area contributed by atoms with Gasteiger partial charge in [0.25, 0.3) is 0 Å². The first-order chi connectivity index (χ1) is 12.2. The molecule has 3 rings (SSSR count). The third-order valence-electron chi connectivity index (χ3n) is 5.85. The number of esters is 1. The normalized spacial score (nSPS) is 23.5. The number of nitrogens with zero attached hydrogens (tertiary/aromatic N) is 1. The van der Waals surface area contributed by atoms with E-state index in [0.29, 0.717) is 6.61 Å². The molecular weight excluding hydrogens is 330 g/mol. The fraction of sp³-hybridized carbons (Fsp3) is 0.667. The lowest BCUT2D eigenvalue weighted by molar-refractivity contribution is -0.159. The van der Waals surface area contributed by atoms with Gasteiger partial charge in [0, 0.05) is 11.8 Å². The number of piperidine rings is 1. The predicted molar refractivity (Wildman–Crippen MR) is 105 cm³/mol. The Morgan fingerprint density at radius 2 is 2.04 bits per heavy atom. The molecule has 0 aliphatic carbocycles. The first kappa shape index (κ1) is 18.8. The minimum atomic E-state index is -0.257. The first-order valence-corrected chi connectivity index (χ1v) is 10.9. The molecule has 0 amide bonds. The van der Waals surface area contributed by atoms with Crippen molar-refractivity contribution >= 4 is 17.7 Å². The molecular formula is C21H31NO2S. The Morgan fingerprint density at radius 1 is 1.28 bits per heavy atom. The summed E-state index contributed by atoms with van der Waals surface area (Å²) in [7, 11) is 0. The topological polar surface area (TPSA) is 29.5 Å². The van der Waals surface area contributed by atoms with Crippen LogP contribution in [0.5, 0.6) is 0 Å². The highest BCUT2D eigenvalue weighted by molar-refractivity contribution is 7.99. The van der Waals surface area contributed by atoms with Gasteiger partial charge in [0.2, 0.25) is 0 Å². The van der Waals surface area contributed by atoms with Crippen LogP contribution in [-0.4, -0.2) is 48.1 Å². The number of likely N-dealkylation sites (tertiary alicyclic amines) is 1. The van der Waals surface area contributed by atoms with Crippen LogP contribution in [0.25, 0.3) is 0 Å². The van der Waals surface area contributed by atoms with Gasteiger partial charge in [-0.1, -0.05) is 30.3 Å². The van der Waals surface area contributed by atoms with Gasteiger partial charge in [-0.3, -0.25) is 9.69 Å². The summed E-state index contributed by atoms with van der Waals surface area (Å²) < 4.78 is 5.49. The summed E-state index contributed by atoms with van der Waals surface area (Å²) in [4.78, 5) is 15.4. The van der Waals surface area contributed by atoms with E-state index in [-0.39, 0.29) is 11.4 Å². The smallest absolute Gasteiger partial charge is 0.312 e. The van der Waals surface area contributed by atoms with E-state index < -0.39 is 0 Å². The van der Waals surface area contributed by atoms with E-state index in [1.165, 1.54) is 23.5 Å². The lowest BCUT2D eigenvalue weighted by Gasteiger charge is -2.42. The van der Waals surface area contributed by atoms with Crippen molar-refractivity contribution in [3.63, 3.8) is 0 Å². The average molecular weight is 362 g/mol. The summed E-state index contributed by atoms with van der Waals surface area (Å²) in [5.74, 6) is 2.60. The van der Waals surface area contributed by atoms with Crippen molar-refractivity contribution < 1.29 is 9.53 Å². The van der Waals surface area contributed by atoms with Gasteiger partial charge >= 0.3 is 5.97 Å². The minimum absolute atomic E-state index is 0.0449. The van der Waals surface area contributed by atoms with Gasteiger partial charge in [0.05, 0.1) is 12.0 Å². The van der Waals surface area contributed by atoms with Crippen molar-refractivity contribution in [1.82, 2.24) is 4.90 Å². The third kappa shape index (κ3) is 4.79. The third-order valence-corrected chi connectivity index (χ3v) is 6.99. The zero-order valence-electron chi connectivity index (χ0n) is 15.4. The Hall–Kier alpha value is -1.00. The molecule has 2 fully saturated rings. The maximum Gasteiger partial charge on any atom is 0.312 e. The average Bonchev–Trinajstić information content (AvgIpc) is 3.18. The summed E-state index contributed by atoms with van der Waals surface area (Å²) in [6, 6.07) is 11.3. The summed E-state index contributed by atoms with van der Waals surface area (Å²) in [5, 5.41) is 0. The zero-order valence-corrected chi connectivity index (χ0v) is 16.2. The fourth-order valence-electron chi connectivity index (χ4n) is 4.24. The molecule has 4 heteroatoms. The van der Waals surface area contributed by atoms with Crippen LogP contribution in [0.1, 0.15) is 44.6 Å². The summed E-state index contributed by atoms with van der Waals surface area (Å²) in [6.45, 7) is 4.51. The molecule has 1 aromatic rings. The largest absolute Gasteiger partial charge is 0.466 e. The van der Waals surface area contributed by atoms with Crippen molar-refractivity contribution in [1.29, 1.82) is 0 Å². The second-order valence-electron chi connectivity index (χ2n) is 7.39. The van der Waals surface area contributed by atoms with Crippen LogP contribution in [0.3, 0.4) is 0 Å². The van der Waals surface area contributed by atoms with Gasteiger partial charge in [0.15, 0.2) is 0 Å². The molecule has 2 aliphatic heterocycles. The number of benzene rings is 1. The van der Waals surface area contributed by atoms with Gasteiger partial charge in [-0.25, -0.2) is 0 Å². The SMILES string of the molecule is CCOC(=O)C1(CCCc2ccccc2)CCN(C2CCSC2)CC1. The number of aryl methyl sites for hydroxylation is 1. The number of ether oxygens (including phenoxy) is 1. The van der Waals surface area contributed by atoms with E-state index in [1.807, 2.05) is 6.92 Å². The fourth-order valence-corrected chi connectivity index (χ4v) is 5.50.